The Hall–Kier alpha value is -1.89. The van der Waals surface area contributed by atoms with Crippen molar-refractivity contribution in [1.29, 1.82) is 0 Å². The molecule has 0 saturated carbocycles. The van der Waals surface area contributed by atoms with Gasteiger partial charge in [0.1, 0.15) is 11.4 Å². The Bertz CT molecular complexity index is 669. The molecule has 0 bridgehead atoms. The number of hydrogen-bond acceptors (Lipinski definition) is 4. The van der Waals surface area contributed by atoms with Crippen LogP contribution in [-0.2, 0) is 14.8 Å². The molecule has 21 heavy (non-hydrogen) atoms. The molecule has 0 saturated heterocycles. The Labute approximate surface area is 124 Å². The molecule has 0 radical (unpaired) electrons. The van der Waals surface area contributed by atoms with Crippen LogP contribution in [0, 0.1) is 0 Å². The third-order valence-electron chi connectivity index (χ3n) is 3.33. The maximum absolute atomic E-state index is 12.3. The van der Waals surface area contributed by atoms with E-state index in [4.69, 9.17) is 0 Å². The number of hydrogen-bond donors (Lipinski definition) is 1. The average molecular weight is 310 g/mol. The number of carbonyl (C=O) groups excluding carboxylic acids is 2. The predicted octanol–water partition coefficient (Wildman–Crippen LogP) is 1.14. The summed E-state index contributed by atoms with van der Waals surface area (Å²) in [6.45, 7) is 3.36. The highest BCUT2D eigenvalue weighted by molar-refractivity contribution is 7.90. The van der Waals surface area contributed by atoms with Gasteiger partial charge in [-0.1, -0.05) is 25.5 Å². The maximum atomic E-state index is 12.3. The van der Waals surface area contributed by atoms with E-state index in [1.807, 2.05) is 13.8 Å². The fraction of sp³-hybridized carbons (Fsp3) is 0.429. The van der Waals surface area contributed by atoms with E-state index in [2.05, 4.69) is 5.32 Å². The minimum Gasteiger partial charge on any atom is -0.352 e. The second-order valence-corrected chi connectivity index (χ2v) is 6.90. The molecule has 2 amide bonds. The molecule has 1 aromatic rings. The molecule has 1 aromatic carbocycles. The van der Waals surface area contributed by atoms with Crippen LogP contribution < -0.4 is 5.32 Å². The fourth-order valence-corrected chi connectivity index (χ4v) is 3.87. The van der Waals surface area contributed by atoms with E-state index in [0.29, 0.717) is 4.31 Å². The number of fused-ring (bicyclic) bond motifs is 1. The summed E-state index contributed by atoms with van der Waals surface area (Å²) in [4.78, 5) is 24.0. The standard InChI is InChI=1S/C14H18N2O4S/c1-3-6-10(2)15-13(17)9-16-14(18)11-7-4-5-8-12(11)21(16,19)20/h4-5,7-8,10H,3,6,9H2,1-2H3,(H,15,17)/t10-/m1/s1. The van der Waals surface area contributed by atoms with Gasteiger partial charge in [0.25, 0.3) is 15.9 Å². The molecule has 0 aromatic heterocycles. The summed E-state index contributed by atoms with van der Waals surface area (Å²) in [5, 5.41) is 2.70. The van der Waals surface area contributed by atoms with Crippen LogP contribution >= 0.6 is 0 Å². The van der Waals surface area contributed by atoms with Crippen LogP contribution in [0.15, 0.2) is 29.2 Å². The van der Waals surface area contributed by atoms with Gasteiger partial charge in [0, 0.05) is 6.04 Å². The lowest BCUT2D eigenvalue weighted by atomic mass is 10.2. The van der Waals surface area contributed by atoms with Crippen LogP contribution in [0.5, 0.6) is 0 Å². The van der Waals surface area contributed by atoms with Gasteiger partial charge in [-0.2, -0.15) is 0 Å². The number of benzene rings is 1. The van der Waals surface area contributed by atoms with Crippen LogP contribution in [0.2, 0.25) is 0 Å². The van der Waals surface area contributed by atoms with Gasteiger partial charge in [0.2, 0.25) is 5.91 Å². The van der Waals surface area contributed by atoms with Crippen molar-refractivity contribution < 1.29 is 18.0 Å². The first-order chi connectivity index (χ1) is 9.87. The molecule has 2 rings (SSSR count). The Kier molecular flexibility index (Phi) is 4.32. The molecule has 0 fully saturated rings. The molecule has 1 heterocycles. The predicted molar refractivity (Wildman–Crippen MR) is 77.2 cm³/mol. The lowest BCUT2D eigenvalue weighted by Gasteiger charge is -2.17. The molecule has 0 spiro atoms. The molecule has 1 atom stereocenters. The number of sulfonamides is 1. The van der Waals surface area contributed by atoms with Gasteiger partial charge in [-0.05, 0) is 25.5 Å². The summed E-state index contributed by atoms with van der Waals surface area (Å²) in [7, 11) is -3.92. The van der Waals surface area contributed by atoms with Crippen LogP contribution in [0.25, 0.3) is 0 Å². The average Bonchev–Trinajstić information content (AvgIpc) is 2.61. The van der Waals surface area contributed by atoms with E-state index >= 15 is 0 Å². The van der Waals surface area contributed by atoms with Crippen LogP contribution in [0.4, 0.5) is 0 Å². The number of carbonyl (C=O) groups is 2. The minimum absolute atomic E-state index is 0.0376. The van der Waals surface area contributed by atoms with Gasteiger partial charge in [-0.25, -0.2) is 12.7 Å². The lowest BCUT2D eigenvalue weighted by Crippen LogP contribution is -2.43. The largest absolute Gasteiger partial charge is 0.352 e. The Morgan fingerprint density at radius 2 is 2.00 bits per heavy atom. The number of nitrogens with zero attached hydrogens (tertiary/aromatic N) is 1. The van der Waals surface area contributed by atoms with Crippen molar-refractivity contribution in [3.63, 3.8) is 0 Å². The highest BCUT2D eigenvalue weighted by atomic mass is 32.2. The van der Waals surface area contributed by atoms with E-state index in [9.17, 15) is 18.0 Å². The van der Waals surface area contributed by atoms with Crippen molar-refractivity contribution in [2.45, 2.75) is 37.6 Å². The second kappa shape index (κ2) is 5.85. The zero-order valence-corrected chi connectivity index (χ0v) is 12.8. The number of amides is 2. The van der Waals surface area contributed by atoms with Crippen LogP contribution in [-0.4, -0.2) is 37.1 Å². The third kappa shape index (κ3) is 2.92. The summed E-state index contributed by atoms with van der Waals surface area (Å²) in [6.07, 6.45) is 1.71. The van der Waals surface area contributed by atoms with Crippen molar-refractivity contribution in [3.8, 4) is 0 Å². The normalized spacial score (nSPS) is 17.4. The molecular formula is C14H18N2O4S. The van der Waals surface area contributed by atoms with Crippen molar-refractivity contribution in [1.82, 2.24) is 9.62 Å². The highest BCUT2D eigenvalue weighted by Crippen LogP contribution is 2.29. The van der Waals surface area contributed by atoms with Crippen molar-refractivity contribution in [2.24, 2.45) is 0 Å². The Morgan fingerprint density at radius 1 is 1.33 bits per heavy atom. The van der Waals surface area contributed by atoms with Gasteiger partial charge >= 0.3 is 0 Å². The molecule has 1 N–H and O–H groups in total. The molecule has 1 aliphatic heterocycles. The first kappa shape index (κ1) is 15.5. The smallest absolute Gasteiger partial charge is 0.269 e. The zero-order valence-electron chi connectivity index (χ0n) is 12.0. The van der Waals surface area contributed by atoms with Gasteiger partial charge < -0.3 is 5.32 Å². The summed E-state index contributed by atoms with van der Waals surface area (Å²) >= 11 is 0. The Morgan fingerprint density at radius 3 is 2.62 bits per heavy atom. The second-order valence-electron chi connectivity index (χ2n) is 5.07. The monoisotopic (exact) mass is 310 g/mol. The molecule has 1 aliphatic rings. The van der Waals surface area contributed by atoms with Gasteiger partial charge in [0.15, 0.2) is 0 Å². The van der Waals surface area contributed by atoms with E-state index < -0.39 is 28.4 Å². The lowest BCUT2D eigenvalue weighted by molar-refractivity contribution is -0.121. The van der Waals surface area contributed by atoms with E-state index in [-0.39, 0.29) is 16.5 Å². The summed E-state index contributed by atoms with van der Waals surface area (Å²) in [5.74, 6) is -1.12. The summed E-state index contributed by atoms with van der Waals surface area (Å²) in [6, 6.07) is 5.92. The molecule has 114 valence electrons. The molecular weight excluding hydrogens is 292 g/mol. The molecule has 0 aliphatic carbocycles. The van der Waals surface area contributed by atoms with Crippen LogP contribution in [0.1, 0.15) is 37.0 Å². The van der Waals surface area contributed by atoms with E-state index in [0.717, 1.165) is 12.8 Å². The van der Waals surface area contributed by atoms with Gasteiger partial charge in [-0.3, -0.25) is 9.59 Å². The van der Waals surface area contributed by atoms with Crippen molar-refractivity contribution in [2.75, 3.05) is 6.54 Å². The molecule has 6 nitrogen and oxygen atoms in total. The first-order valence-electron chi connectivity index (χ1n) is 6.83. The summed E-state index contributed by atoms with van der Waals surface area (Å²) < 4.78 is 25.2. The van der Waals surface area contributed by atoms with E-state index in [1.165, 1.54) is 12.1 Å². The van der Waals surface area contributed by atoms with Crippen LogP contribution in [0.3, 0.4) is 0 Å². The summed E-state index contributed by atoms with van der Waals surface area (Å²) in [5.41, 5.74) is 0.118. The van der Waals surface area contributed by atoms with E-state index in [1.54, 1.807) is 12.1 Å². The Balaban J connectivity index is 2.16. The van der Waals surface area contributed by atoms with Crippen molar-refractivity contribution >= 4 is 21.8 Å². The van der Waals surface area contributed by atoms with Gasteiger partial charge in [-0.15, -0.1) is 0 Å². The SMILES string of the molecule is CCC[C@@H](C)NC(=O)CN1C(=O)c2ccccc2S1(=O)=O. The fourth-order valence-electron chi connectivity index (χ4n) is 2.34. The molecule has 0 unspecified atom stereocenters. The first-order valence-corrected chi connectivity index (χ1v) is 8.27. The quantitative estimate of drug-likeness (QED) is 0.884. The highest BCUT2D eigenvalue weighted by Gasteiger charge is 2.41. The number of rotatable bonds is 5. The topological polar surface area (TPSA) is 83.6 Å². The van der Waals surface area contributed by atoms with Gasteiger partial charge in [0.05, 0.1) is 5.56 Å². The number of nitrogens with one attached hydrogen (secondary N) is 1. The zero-order chi connectivity index (χ0) is 15.6. The maximum Gasteiger partial charge on any atom is 0.269 e. The molecule has 7 heteroatoms. The third-order valence-corrected chi connectivity index (χ3v) is 5.12. The minimum atomic E-state index is -3.92. The van der Waals surface area contributed by atoms with Crippen molar-refractivity contribution in [3.05, 3.63) is 29.8 Å².